The Labute approximate surface area is 236 Å². The Hall–Kier alpha value is -4.03. The summed E-state index contributed by atoms with van der Waals surface area (Å²) in [4.78, 5) is 5.13. The van der Waals surface area contributed by atoms with E-state index in [2.05, 4.69) is 94.6 Å². The highest BCUT2D eigenvalue weighted by Gasteiger charge is 2.35. The molecule has 8 nitrogen and oxygen atoms in total. The van der Waals surface area contributed by atoms with E-state index in [-0.39, 0.29) is 18.4 Å². The first kappa shape index (κ1) is 27.5. The van der Waals surface area contributed by atoms with Crippen LogP contribution in [0.1, 0.15) is 36.6 Å². The van der Waals surface area contributed by atoms with E-state index in [0.29, 0.717) is 25.2 Å². The van der Waals surface area contributed by atoms with E-state index in [9.17, 15) is 5.11 Å². The fourth-order valence-electron chi connectivity index (χ4n) is 5.55. The van der Waals surface area contributed by atoms with Gasteiger partial charge in [0.25, 0.3) is 0 Å². The molecule has 0 aliphatic carbocycles. The Bertz CT molecular complexity index is 1420. The van der Waals surface area contributed by atoms with Crippen LogP contribution in [0.2, 0.25) is 0 Å². The van der Waals surface area contributed by atoms with Crippen LogP contribution in [0.4, 0.5) is 0 Å². The van der Waals surface area contributed by atoms with Gasteiger partial charge in [-0.05, 0) is 42.7 Å². The summed E-state index contributed by atoms with van der Waals surface area (Å²) in [6.07, 6.45) is 1.90. The molecule has 8 heteroatoms. The number of benzene rings is 3. The smallest absolute Gasteiger partial charge is 0.133 e. The van der Waals surface area contributed by atoms with Crippen molar-refractivity contribution in [1.82, 2.24) is 24.8 Å². The van der Waals surface area contributed by atoms with E-state index in [0.717, 1.165) is 36.5 Å². The molecule has 3 atom stereocenters. The van der Waals surface area contributed by atoms with E-state index >= 15 is 0 Å². The lowest BCUT2D eigenvalue weighted by Gasteiger charge is -2.47. The van der Waals surface area contributed by atoms with E-state index in [1.165, 1.54) is 11.1 Å². The van der Waals surface area contributed by atoms with Crippen molar-refractivity contribution in [2.75, 3.05) is 26.3 Å². The normalized spacial score (nSPS) is 18.8. The second kappa shape index (κ2) is 12.9. The molecule has 2 heterocycles. The van der Waals surface area contributed by atoms with Crippen LogP contribution in [-0.4, -0.2) is 68.3 Å². The first-order chi connectivity index (χ1) is 19.5. The summed E-state index contributed by atoms with van der Waals surface area (Å²) in [6, 6.07) is 29.5. The molecule has 0 saturated carbocycles. The standard InChI is InChI=1S/C32H36N6O2/c1-24-21-38(25(2)20-36(24)22-26-7-4-3-5-8-26)32(29-9-6-10-30(39)19-29)28-13-11-27(12-14-28)31-23-37(35-34-31)16-18-40-17-15-33/h3-14,19,23-25,32,39H,16-18,20-22H2,1-2H3/t24-,25+,32-/m1/s1. The maximum absolute atomic E-state index is 10.3. The maximum atomic E-state index is 10.3. The molecular weight excluding hydrogens is 500 g/mol. The summed E-state index contributed by atoms with van der Waals surface area (Å²) < 4.78 is 6.96. The van der Waals surface area contributed by atoms with E-state index < -0.39 is 0 Å². The average molecular weight is 537 g/mol. The largest absolute Gasteiger partial charge is 0.508 e. The Morgan fingerprint density at radius 3 is 2.52 bits per heavy atom. The first-order valence-electron chi connectivity index (χ1n) is 13.8. The van der Waals surface area contributed by atoms with Gasteiger partial charge in [0.2, 0.25) is 0 Å². The number of rotatable bonds is 10. The van der Waals surface area contributed by atoms with Gasteiger partial charge in [-0.1, -0.05) is 71.9 Å². The topological polar surface area (TPSA) is 90.4 Å². The van der Waals surface area contributed by atoms with Gasteiger partial charge >= 0.3 is 0 Å². The van der Waals surface area contributed by atoms with Crippen LogP contribution in [0, 0.1) is 11.3 Å². The van der Waals surface area contributed by atoms with Crippen LogP contribution < -0.4 is 0 Å². The predicted octanol–water partition coefficient (Wildman–Crippen LogP) is 4.88. The van der Waals surface area contributed by atoms with Crippen molar-refractivity contribution in [3.63, 3.8) is 0 Å². The summed E-state index contributed by atoms with van der Waals surface area (Å²) in [5.41, 5.74) is 5.35. The highest BCUT2D eigenvalue weighted by atomic mass is 16.5. The van der Waals surface area contributed by atoms with Crippen molar-refractivity contribution in [3.8, 4) is 23.1 Å². The van der Waals surface area contributed by atoms with Crippen LogP contribution in [0.3, 0.4) is 0 Å². The molecule has 0 unspecified atom stereocenters. The molecule has 1 saturated heterocycles. The molecule has 4 aromatic rings. The van der Waals surface area contributed by atoms with Crippen molar-refractivity contribution < 1.29 is 9.84 Å². The van der Waals surface area contributed by atoms with Crippen molar-refractivity contribution in [1.29, 1.82) is 5.26 Å². The maximum Gasteiger partial charge on any atom is 0.133 e. The number of hydrogen-bond donors (Lipinski definition) is 1. The molecule has 1 aliphatic heterocycles. The number of ether oxygens (including phenoxy) is 1. The fraction of sp³-hybridized carbons (Fsp3) is 0.344. The van der Waals surface area contributed by atoms with Gasteiger partial charge in [-0.15, -0.1) is 5.10 Å². The molecule has 0 bridgehead atoms. The van der Waals surface area contributed by atoms with Gasteiger partial charge in [-0.2, -0.15) is 5.26 Å². The fourth-order valence-corrected chi connectivity index (χ4v) is 5.55. The van der Waals surface area contributed by atoms with Gasteiger partial charge in [0.1, 0.15) is 18.1 Å². The van der Waals surface area contributed by atoms with Gasteiger partial charge in [0, 0.05) is 37.3 Å². The third-order valence-corrected chi connectivity index (χ3v) is 7.60. The van der Waals surface area contributed by atoms with Gasteiger partial charge in [0.15, 0.2) is 0 Å². The molecular formula is C32H36N6O2. The molecule has 0 spiro atoms. The van der Waals surface area contributed by atoms with Crippen LogP contribution >= 0.6 is 0 Å². The highest BCUT2D eigenvalue weighted by molar-refractivity contribution is 5.58. The van der Waals surface area contributed by atoms with Crippen LogP contribution in [0.5, 0.6) is 5.75 Å². The van der Waals surface area contributed by atoms with Gasteiger partial charge < -0.3 is 9.84 Å². The van der Waals surface area contributed by atoms with Crippen LogP contribution in [0.15, 0.2) is 85.1 Å². The second-order valence-electron chi connectivity index (χ2n) is 10.5. The number of nitrogens with zero attached hydrogens (tertiary/aromatic N) is 6. The SMILES string of the molecule is C[C@@H]1CN([C@H](c2ccc(-c3cn(CCOCC#N)nn3)cc2)c2cccc(O)c2)[C@@H](C)CN1Cc1ccccc1. The summed E-state index contributed by atoms with van der Waals surface area (Å²) >= 11 is 0. The number of hydrogen-bond acceptors (Lipinski definition) is 7. The van der Waals surface area contributed by atoms with Crippen molar-refractivity contribution >= 4 is 0 Å². The average Bonchev–Trinajstić information content (AvgIpc) is 3.44. The number of phenols is 1. The van der Waals surface area contributed by atoms with E-state index in [1.807, 2.05) is 24.4 Å². The lowest BCUT2D eigenvalue weighted by atomic mass is 9.92. The molecule has 1 aliphatic rings. The Balaban J connectivity index is 1.36. The van der Waals surface area contributed by atoms with Crippen molar-refractivity contribution in [3.05, 3.63) is 102 Å². The van der Waals surface area contributed by atoms with Crippen LogP contribution in [-0.2, 0) is 17.8 Å². The Morgan fingerprint density at radius 1 is 0.975 bits per heavy atom. The lowest BCUT2D eigenvalue weighted by molar-refractivity contribution is 0.0195. The van der Waals surface area contributed by atoms with E-state index in [4.69, 9.17) is 10.00 Å². The summed E-state index contributed by atoms with van der Waals surface area (Å²) in [6.45, 7) is 8.45. The number of piperazine rings is 1. The third kappa shape index (κ3) is 6.57. The molecule has 3 aromatic carbocycles. The molecule has 40 heavy (non-hydrogen) atoms. The lowest BCUT2D eigenvalue weighted by Crippen LogP contribution is -2.56. The zero-order valence-electron chi connectivity index (χ0n) is 23.1. The third-order valence-electron chi connectivity index (χ3n) is 7.60. The van der Waals surface area contributed by atoms with Gasteiger partial charge in [-0.3, -0.25) is 9.80 Å². The predicted molar refractivity (Wildman–Crippen MR) is 154 cm³/mol. The zero-order chi connectivity index (χ0) is 27.9. The second-order valence-corrected chi connectivity index (χ2v) is 10.5. The minimum absolute atomic E-state index is 0.00504. The van der Waals surface area contributed by atoms with Gasteiger partial charge in [0.05, 0.1) is 31.5 Å². The Morgan fingerprint density at radius 2 is 1.77 bits per heavy atom. The molecule has 0 amide bonds. The molecule has 206 valence electrons. The number of nitriles is 1. The monoisotopic (exact) mass is 536 g/mol. The summed E-state index contributed by atoms with van der Waals surface area (Å²) in [5, 5.41) is 27.5. The van der Waals surface area contributed by atoms with Crippen LogP contribution in [0.25, 0.3) is 11.3 Å². The highest BCUT2D eigenvalue weighted by Crippen LogP contribution is 2.35. The minimum atomic E-state index is 0.00504. The Kier molecular flexibility index (Phi) is 8.87. The number of aromatic hydroxyl groups is 1. The van der Waals surface area contributed by atoms with E-state index in [1.54, 1.807) is 10.7 Å². The van der Waals surface area contributed by atoms with Gasteiger partial charge in [-0.25, -0.2) is 4.68 Å². The van der Waals surface area contributed by atoms with Crippen molar-refractivity contribution in [2.45, 2.75) is 45.1 Å². The molecule has 1 aromatic heterocycles. The van der Waals surface area contributed by atoms with Crippen molar-refractivity contribution in [2.24, 2.45) is 0 Å². The molecule has 0 radical (unpaired) electrons. The molecule has 1 N–H and O–H groups in total. The summed E-state index contributed by atoms with van der Waals surface area (Å²) in [5.74, 6) is 0.276. The first-order valence-corrected chi connectivity index (χ1v) is 13.8. The summed E-state index contributed by atoms with van der Waals surface area (Å²) in [7, 11) is 0. The quantitative estimate of drug-likeness (QED) is 0.289. The number of phenolic OH excluding ortho intramolecular Hbond substituents is 1. The molecule has 1 fully saturated rings. The molecule has 5 rings (SSSR count). The zero-order valence-corrected chi connectivity index (χ0v) is 23.1. The number of aromatic nitrogens is 3. The minimum Gasteiger partial charge on any atom is -0.508 e.